The number of nitrogens with zero attached hydrogens (tertiary/aromatic N) is 3. The molecule has 1 aliphatic heterocycles. The molecule has 1 fully saturated rings. The van der Waals surface area contributed by atoms with Crippen molar-refractivity contribution in [2.45, 2.75) is 57.0 Å². The Bertz CT molecular complexity index is 796. The Kier molecular flexibility index (Phi) is 6.72. The molecule has 0 aliphatic carbocycles. The molecule has 0 saturated carbocycles. The second kappa shape index (κ2) is 9.22. The first kappa shape index (κ1) is 19.7. The van der Waals surface area contributed by atoms with Crippen LogP contribution in [0.25, 0.3) is 0 Å². The van der Waals surface area contributed by atoms with Crippen LogP contribution < -0.4 is 10.2 Å². The molecule has 144 valence electrons. The Hall–Kier alpha value is -2.08. The van der Waals surface area contributed by atoms with Gasteiger partial charge in [0.15, 0.2) is 5.16 Å². The van der Waals surface area contributed by atoms with E-state index in [0.717, 1.165) is 34.5 Å². The van der Waals surface area contributed by atoms with Crippen LogP contribution in [0.5, 0.6) is 0 Å². The molecule has 5 nitrogen and oxygen atoms in total. The lowest BCUT2D eigenvalue weighted by Gasteiger charge is -2.34. The van der Waals surface area contributed by atoms with Gasteiger partial charge in [-0.15, -0.1) is 0 Å². The monoisotopic (exact) mass is 384 g/mol. The van der Waals surface area contributed by atoms with E-state index in [9.17, 15) is 4.79 Å². The van der Waals surface area contributed by atoms with Crippen molar-refractivity contribution >= 4 is 23.5 Å². The molecule has 1 aromatic heterocycles. The van der Waals surface area contributed by atoms with Gasteiger partial charge in [0.2, 0.25) is 0 Å². The number of piperidine rings is 1. The number of aromatic nitrogens is 2. The average Bonchev–Trinajstić information content (AvgIpc) is 2.67. The Balaban J connectivity index is 1.71. The smallest absolute Gasteiger partial charge is 0.251 e. The zero-order valence-electron chi connectivity index (χ0n) is 16.4. The summed E-state index contributed by atoms with van der Waals surface area (Å²) in [5.41, 5.74) is 2.79. The maximum Gasteiger partial charge on any atom is 0.251 e. The third-order valence-electron chi connectivity index (χ3n) is 4.81. The highest BCUT2D eigenvalue weighted by molar-refractivity contribution is 7.98. The molecule has 6 heteroatoms. The Morgan fingerprint density at radius 1 is 1.30 bits per heavy atom. The second-order valence-corrected chi connectivity index (χ2v) is 7.98. The molecule has 1 amide bonds. The van der Waals surface area contributed by atoms with Crippen LogP contribution in [0.15, 0.2) is 35.5 Å². The third kappa shape index (κ3) is 5.22. The minimum atomic E-state index is -0.0301. The highest BCUT2D eigenvalue weighted by atomic mass is 32.2. The zero-order chi connectivity index (χ0) is 19.2. The maximum atomic E-state index is 12.0. The molecule has 0 radical (unpaired) electrons. The largest absolute Gasteiger partial charge is 0.354 e. The summed E-state index contributed by atoms with van der Waals surface area (Å²) in [6.07, 6.45) is 3.74. The highest BCUT2D eigenvalue weighted by Gasteiger charge is 2.20. The summed E-state index contributed by atoms with van der Waals surface area (Å²) in [5.74, 6) is 1.75. The van der Waals surface area contributed by atoms with E-state index >= 15 is 0 Å². The molecule has 2 aromatic rings. The van der Waals surface area contributed by atoms with E-state index in [1.165, 1.54) is 19.3 Å². The van der Waals surface area contributed by atoms with Crippen LogP contribution in [0.1, 0.15) is 54.7 Å². The standard InChI is InChI=1S/C21H28N4OS/c1-4-22-20(26)18-10-7-9-17(13-18)14-27-21-23-15(2)12-19(24-21)25-11-6-5-8-16(25)3/h7,9-10,12-13,16H,4-6,8,11,14H2,1-3H3,(H,22,26)/t16-/m1/s1. The van der Waals surface area contributed by atoms with Crippen molar-refractivity contribution in [3.05, 3.63) is 47.2 Å². The molecule has 1 saturated heterocycles. The molecule has 1 N–H and O–H groups in total. The van der Waals surface area contributed by atoms with Gasteiger partial charge in [-0.05, 0) is 57.7 Å². The minimum Gasteiger partial charge on any atom is -0.354 e. The zero-order valence-corrected chi connectivity index (χ0v) is 17.2. The van der Waals surface area contributed by atoms with Crippen LogP contribution >= 0.6 is 11.8 Å². The maximum absolute atomic E-state index is 12.0. The van der Waals surface area contributed by atoms with E-state index < -0.39 is 0 Å². The van der Waals surface area contributed by atoms with Crippen LogP contribution in [-0.2, 0) is 5.75 Å². The van der Waals surface area contributed by atoms with Gasteiger partial charge in [0.05, 0.1) is 0 Å². The molecule has 27 heavy (non-hydrogen) atoms. The van der Waals surface area contributed by atoms with Crippen LogP contribution in [0.4, 0.5) is 5.82 Å². The van der Waals surface area contributed by atoms with Crippen LogP contribution in [0.3, 0.4) is 0 Å². The first-order valence-corrected chi connectivity index (χ1v) is 10.7. The first-order chi connectivity index (χ1) is 13.1. The average molecular weight is 385 g/mol. The summed E-state index contributed by atoms with van der Waals surface area (Å²) in [4.78, 5) is 23.8. The number of carbonyl (C=O) groups excluding carboxylic acids is 1. The Labute approximate surface area is 166 Å². The predicted octanol–water partition coefficient (Wildman–Crippen LogP) is 4.21. The first-order valence-electron chi connectivity index (χ1n) is 9.69. The number of aryl methyl sites for hydroxylation is 1. The van der Waals surface area contributed by atoms with Crippen molar-refractivity contribution in [1.82, 2.24) is 15.3 Å². The van der Waals surface area contributed by atoms with Crippen molar-refractivity contribution in [3.63, 3.8) is 0 Å². The van der Waals surface area contributed by atoms with Gasteiger partial charge in [-0.3, -0.25) is 4.79 Å². The number of thioether (sulfide) groups is 1. The van der Waals surface area contributed by atoms with Gasteiger partial charge in [0, 0.05) is 42.2 Å². The summed E-state index contributed by atoms with van der Waals surface area (Å²) < 4.78 is 0. The molecule has 1 aliphatic rings. The normalized spacial score (nSPS) is 17.0. The number of benzene rings is 1. The second-order valence-electron chi connectivity index (χ2n) is 7.04. The topological polar surface area (TPSA) is 58.1 Å². The number of anilines is 1. The molecule has 0 spiro atoms. The van der Waals surface area contributed by atoms with Crippen LogP contribution in [0, 0.1) is 6.92 Å². The van der Waals surface area contributed by atoms with Gasteiger partial charge in [-0.25, -0.2) is 9.97 Å². The lowest BCUT2D eigenvalue weighted by molar-refractivity contribution is 0.0955. The number of amides is 1. The van der Waals surface area contributed by atoms with Crippen LogP contribution in [0.2, 0.25) is 0 Å². The fourth-order valence-electron chi connectivity index (χ4n) is 3.39. The summed E-state index contributed by atoms with van der Waals surface area (Å²) in [5, 5.41) is 3.64. The van der Waals surface area contributed by atoms with Crippen molar-refractivity contribution < 1.29 is 4.79 Å². The number of carbonyl (C=O) groups is 1. The van der Waals surface area contributed by atoms with Crippen molar-refractivity contribution in [3.8, 4) is 0 Å². The molecular weight excluding hydrogens is 356 g/mol. The van der Waals surface area contributed by atoms with Gasteiger partial charge >= 0.3 is 0 Å². The van der Waals surface area contributed by atoms with E-state index in [1.54, 1.807) is 11.8 Å². The van der Waals surface area contributed by atoms with E-state index in [4.69, 9.17) is 4.98 Å². The molecular formula is C21H28N4OS. The molecule has 0 unspecified atom stereocenters. The Morgan fingerprint density at radius 3 is 2.93 bits per heavy atom. The van der Waals surface area contributed by atoms with E-state index in [0.29, 0.717) is 18.2 Å². The molecule has 1 atom stereocenters. The van der Waals surface area contributed by atoms with E-state index in [-0.39, 0.29) is 5.91 Å². The number of nitrogens with one attached hydrogen (secondary N) is 1. The van der Waals surface area contributed by atoms with Gasteiger partial charge in [0.25, 0.3) is 5.91 Å². The highest BCUT2D eigenvalue weighted by Crippen LogP contribution is 2.27. The minimum absolute atomic E-state index is 0.0301. The van der Waals surface area contributed by atoms with E-state index in [1.807, 2.05) is 38.1 Å². The summed E-state index contributed by atoms with van der Waals surface area (Å²) in [7, 11) is 0. The fraction of sp³-hybridized carbons (Fsp3) is 0.476. The lowest BCUT2D eigenvalue weighted by atomic mass is 10.0. The van der Waals surface area contributed by atoms with Gasteiger partial charge < -0.3 is 10.2 Å². The third-order valence-corrected chi connectivity index (χ3v) is 5.73. The number of rotatable bonds is 6. The molecule has 2 heterocycles. The van der Waals surface area contributed by atoms with Crippen molar-refractivity contribution in [2.24, 2.45) is 0 Å². The van der Waals surface area contributed by atoms with E-state index in [2.05, 4.69) is 28.2 Å². The van der Waals surface area contributed by atoms with Gasteiger partial charge in [-0.2, -0.15) is 0 Å². The lowest BCUT2D eigenvalue weighted by Crippen LogP contribution is -2.38. The predicted molar refractivity (Wildman–Crippen MR) is 111 cm³/mol. The van der Waals surface area contributed by atoms with Crippen molar-refractivity contribution in [1.29, 1.82) is 0 Å². The number of hydrogen-bond acceptors (Lipinski definition) is 5. The fourth-order valence-corrected chi connectivity index (χ4v) is 4.23. The molecule has 0 bridgehead atoms. The SMILES string of the molecule is CCNC(=O)c1cccc(CSc2nc(C)cc(N3CCCC[C@H]3C)n2)c1. The van der Waals surface area contributed by atoms with Gasteiger partial charge in [-0.1, -0.05) is 23.9 Å². The van der Waals surface area contributed by atoms with Crippen LogP contribution in [-0.4, -0.2) is 35.0 Å². The summed E-state index contributed by atoms with van der Waals surface area (Å²) >= 11 is 1.62. The van der Waals surface area contributed by atoms with Crippen molar-refractivity contribution in [2.75, 3.05) is 18.0 Å². The molecule has 1 aromatic carbocycles. The molecule has 3 rings (SSSR count). The Morgan fingerprint density at radius 2 is 2.15 bits per heavy atom. The summed E-state index contributed by atoms with van der Waals surface area (Å²) in [6.45, 7) is 7.92. The van der Waals surface area contributed by atoms with Gasteiger partial charge in [0.1, 0.15) is 5.82 Å². The number of hydrogen-bond donors (Lipinski definition) is 1. The summed E-state index contributed by atoms with van der Waals surface area (Å²) in [6, 6.07) is 10.4. The quantitative estimate of drug-likeness (QED) is 0.597.